The second kappa shape index (κ2) is 5.79. The van der Waals surface area contributed by atoms with E-state index >= 15 is 0 Å². The molecule has 0 spiro atoms. The summed E-state index contributed by atoms with van der Waals surface area (Å²) in [5.41, 5.74) is 2.91. The number of hydrogen-bond donors (Lipinski definition) is 1. The number of carbonyl (C=O) groups excluding carboxylic acids is 1. The molecule has 0 bridgehead atoms. The van der Waals surface area contributed by atoms with Gasteiger partial charge in [0, 0.05) is 18.0 Å². The Morgan fingerprint density at radius 3 is 2.74 bits per heavy atom. The molecule has 1 aromatic carbocycles. The summed E-state index contributed by atoms with van der Waals surface area (Å²) in [7, 11) is 0. The van der Waals surface area contributed by atoms with Crippen LogP contribution < -0.4 is 5.32 Å². The first-order chi connectivity index (χ1) is 11.0. The summed E-state index contributed by atoms with van der Waals surface area (Å²) in [6.45, 7) is 3.82. The fraction of sp³-hybridized carbons (Fsp3) is 0.176. The molecule has 0 unspecified atom stereocenters. The van der Waals surface area contributed by atoms with Crippen LogP contribution in [0.2, 0.25) is 0 Å². The van der Waals surface area contributed by atoms with E-state index in [4.69, 9.17) is 0 Å². The van der Waals surface area contributed by atoms with Gasteiger partial charge in [0.2, 0.25) is 0 Å². The fourth-order valence-electron chi connectivity index (χ4n) is 2.50. The third-order valence-corrected chi connectivity index (χ3v) is 3.64. The molecule has 0 saturated heterocycles. The molecule has 0 aliphatic rings. The number of pyridine rings is 1. The van der Waals surface area contributed by atoms with Gasteiger partial charge in [-0.3, -0.25) is 9.20 Å². The van der Waals surface area contributed by atoms with Crippen LogP contribution in [0.25, 0.3) is 5.65 Å². The number of aryl methyl sites for hydroxylation is 2. The van der Waals surface area contributed by atoms with E-state index in [1.807, 2.05) is 26.0 Å². The maximum Gasteiger partial charge on any atom is 0.274 e. The van der Waals surface area contributed by atoms with Gasteiger partial charge in [0.15, 0.2) is 11.6 Å². The molecule has 6 heteroatoms. The number of carbonyl (C=O) groups is 1. The van der Waals surface area contributed by atoms with Gasteiger partial charge in [-0.05, 0) is 37.1 Å². The van der Waals surface area contributed by atoms with Gasteiger partial charge in [0.05, 0.1) is 5.69 Å². The monoisotopic (exact) mass is 315 g/mol. The normalized spacial score (nSPS) is 11.0. The number of amides is 1. The molecular weight excluding hydrogens is 300 g/mol. The number of rotatable bonds is 3. The topological polar surface area (TPSA) is 46.4 Å². The predicted molar refractivity (Wildman–Crippen MR) is 83.6 cm³/mol. The number of anilines is 1. The van der Waals surface area contributed by atoms with Crippen molar-refractivity contribution in [2.24, 2.45) is 0 Å². The van der Waals surface area contributed by atoms with Crippen LogP contribution in [0.5, 0.6) is 0 Å². The average molecular weight is 315 g/mol. The molecule has 2 aromatic heterocycles. The average Bonchev–Trinajstić information content (AvgIpc) is 2.91. The zero-order valence-electron chi connectivity index (χ0n) is 12.7. The number of benzene rings is 1. The molecule has 4 nitrogen and oxygen atoms in total. The van der Waals surface area contributed by atoms with Crippen molar-refractivity contribution >= 4 is 17.2 Å². The lowest BCUT2D eigenvalue weighted by atomic mass is 10.2. The molecule has 0 aliphatic heterocycles. The fourth-order valence-corrected chi connectivity index (χ4v) is 2.50. The molecule has 1 amide bonds. The second-order valence-electron chi connectivity index (χ2n) is 5.23. The van der Waals surface area contributed by atoms with Gasteiger partial charge < -0.3 is 5.32 Å². The van der Waals surface area contributed by atoms with Gasteiger partial charge in [-0.25, -0.2) is 13.8 Å². The van der Waals surface area contributed by atoms with E-state index in [9.17, 15) is 13.6 Å². The minimum absolute atomic E-state index is 0.193. The Hall–Kier alpha value is -2.76. The van der Waals surface area contributed by atoms with Crippen molar-refractivity contribution in [1.82, 2.24) is 9.38 Å². The summed E-state index contributed by atoms with van der Waals surface area (Å²) in [5.74, 6) is -2.37. The minimum atomic E-state index is -1.01. The van der Waals surface area contributed by atoms with E-state index in [0.717, 1.165) is 17.7 Å². The molecule has 0 radical (unpaired) electrons. The highest BCUT2D eigenvalue weighted by Gasteiger charge is 2.19. The number of nitrogens with one attached hydrogen (secondary N) is 1. The Morgan fingerprint density at radius 2 is 2.04 bits per heavy atom. The van der Waals surface area contributed by atoms with Crippen LogP contribution in [0.15, 0.2) is 36.5 Å². The van der Waals surface area contributed by atoms with E-state index < -0.39 is 17.5 Å². The van der Waals surface area contributed by atoms with Gasteiger partial charge in [0.25, 0.3) is 5.91 Å². The molecule has 3 aromatic rings. The lowest BCUT2D eigenvalue weighted by Crippen LogP contribution is -2.16. The first-order valence-electron chi connectivity index (χ1n) is 7.24. The standard InChI is InChI=1S/C17H15F2N3O/c1-3-14-15(22-8-4-5-10(2)16(22)21-14)17(23)20-11-6-7-12(18)13(19)9-11/h4-9H,3H2,1-2H3,(H,20,23). The Morgan fingerprint density at radius 1 is 1.26 bits per heavy atom. The lowest BCUT2D eigenvalue weighted by Gasteiger charge is -2.07. The van der Waals surface area contributed by atoms with Crippen molar-refractivity contribution < 1.29 is 13.6 Å². The summed E-state index contributed by atoms with van der Waals surface area (Å²) in [4.78, 5) is 17.1. The molecule has 2 heterocycles. The highest BCUT2D eigenvalue weighted by atomic mass is 19.2. The number of imidazole rings is 1. The summed E-state index contributed by atoms with van der Waals surface area (Å²) in [6.07, 6.45) is 2.34. The number of halogens is 2. The van der Waals surface area contributed by atoms with Crippen molar-refractivity contribution in [2.75, 3.05) is 5.32 Å². The van der Waals surface area contributed by atoms with Gasteiger partial charge in [0.1, 0.15) is 11.3 Å². The van der Waals surface area contributed by atoms with Gasteiger partial charge in [-0.1, -0.05) is 13.0 Å². The zero-order valence-corrected chi connectivity index (χ0v) is 12.7. The van der Waals surface area contributed by atoms with Crippen molar-refractivity contribution in [3.8, 4) is 0 Å². The van der Waals surface area contributed by atoms with E-state index in [0.29, 0.717) is 23.5 Å². The van der Waals surface area contributed by atoms with Gasteiger partial charge in [-0.15, -0.1) is 0 Å². The van der Waals surface area contributed by atoms with Crippen molar-refractivity contribution in [2.45, 2.75) is 20.3 Å². The molecule has 23 heavy (non-hydrogen) atoms. The van der Waals surface area contributed by atoms with Crippen molar-refractivity contribution in [3.05, 3.63) is 65.1 Å². The van der Waals surface area contributed by atoms with E-state index in [2.05, 4.69) is 10.3 Å². The number of fused-ring (bicyclic) bond motifs is 1. The van der Waals surface area contributed by atoms with Crippen LogP contribution >= 0.6 is 0 Å². The molecule has 3 rings (SSSR count). The Balaban J connectivity index is 2.03. The maximum absolute atomic E-state index is 13.3. The Kier molecular flexibility index (Phi) is 3.82. The third-order valence-electron chi connectivity index (χ3n) is 3.64. The summed E-state index contributed by atoms with van der Waals surface area (Å²) >= 11 is 0. The molecule has 0 fully saturated rings. The van der Waals surface area contributed by atoms with Crippen LogP contribution in [0, 0.1) is 18.6 Å². The predicted octanol–water partition coefficient (Wildman–Crippen LogP) is 3.74. The van der Waals surface area contributed by atoms with Crippen LogP contribution in [-0.2, 0) is 6.42 Å². The number of aromatic nitrogens is 2. The van der Waals surface area contributed by atoms with Crippen LogP contribution in [-0.4, -0.2) is 15.3 Å². The Bertz CT molecular complexity index is 902. The number of nitrogens with zero attached hydrogens (tertiary/aromatic N) is 2. The van der Waals surface area contributed by atoms with Crippen LogP contribution in [0.3, 0.4) is 0 Å². The SMILES string of the molecule is CCc1nc2c(C)cccn2c1C(=O)Nc1ccc(F)c(F)c1. The molecule has 1 N–H and O–H groups in total. The smallest absolute Gasteiger partial charge is 0.274 e. The van der Waals surface area contributed by atoms with Crippen molar-refractivity contribution in [1.29, 1.82) is 0 Å². The first kappa shape index (κ1) is 15.1. The second-order valence-corrected chi connectivity index (χ2v) is 5.23. The largest absolute Gasteiger partial charge is 0.321 e. The van der Waals surface area contributed by atoms with Crippen LogP contribution in [0.1, 0.15) is 28.7 Å². The Labute approximate surface area is 131 Å². The van der Waals surface area contributed by atoms with Crippen molar-refractivity contribution in [3.63, 3.8) is 0 Å². The van der Waals surface area contributed by atoms with Gasteiger partial charge in [-0.2, -0.15) is 0 Å². The van der Waals surface area contributed by atoms with Crippen LogP contribution in [0.4, 0.5) is 14.5 Å². The van der Waals surface area contributed by atoms with E-state index in [1.54, 1.807) is 10.6 Å². The first-order valence-corrected chi connectivity index (χ1v) is 7.24. The lowest BCUT2D eigenvalue weighted by molar-refractivity contribution is 0.102. The van der Waals surface area contributed by atoms with E-state index in [1.165, 1.54) is 6.07 Å². The van der Waals surface area contributed by atoms with Gasteiger partial charge >= 0.3 is 0 Å². The maximum atomic E-state index is 13.3. The third kappa shape index (κ3) is 2.67. The highest BCUT2D eigenvalue weighted by molar-refractivity contribution is 6.04. The molecule has 118 valence electrons. The molecule has 0 aliphatic carbocycles. The summed E-state index contributed by atoms with van der Waals surface area (Å²) in [5, 5.41) is 2.59. The molecular formula is C17H15F2N3O. The number of hydrogen-bond acceptors (Lipinski definition) is 2. The molecule has 0 saturated carbocycles. The zero-order chi connectivity index (χ0) is 16.6. The summed E-state index contributed by atoms with van der Waals surface area (Å²) < 4.78 is 28.0. The quantitative estimate of drug-likeness (QED) is 0.800. The molecule has 0 atom stereocenters. The van der Waals surface area contributed by atoms with E-state index in [-0.39, 0.29) is 5.69 Å². The highest BCUT2D eigenvalue weighted by Crippen LogP contribution is 2.19. The summed E-state index contributed by atoms with van der Waals surface area (Å²) in [6, 6.07) is 6.99. The minimum Gasteiger partial charge on any atom is -0.321 e.